The highest BCUT2D eigenvalue weighted by molar-refractivity contribution is 9.10. The van der Waals surface area contributed by atoms with Crippen LogP contribution in [-0.2, 0) is 4.74 Å². The lowest BCUT2D eigenvalue weighted by Gasteiger charge is -2.12. The monoisotopic (exact) mass is 323 g/mol. The van der Waals surface area contributed by atoms with Gasteiger partial charge in [0.2, 0.25) is 0 Å². The lowest BCUT2D eigenvalue weighted by molar-refractivity contribution is -0.274. The van der Waals surface area contributed by atoms with E-state index in [1.54, 1.807) is 6.07 Å². The number of hydrogen-bond acceptors (Lipinski definition) is 4. The van der Waals surface area contributed by atoms with Gasteiger partial charge in [-0.25, -0.2) is 4.79 Å². The first-order valence-electron chi connectivity index (χ1n) is 4.36. The molecule has 0 unspecified atom stereocenters. The maximum atomic E-state index is 12.1. The summed E-state index contributed by atoms with van der Waals surface area (Å²) in [6.45, 7) is 0. The van der Waals surface area contributed by atoms with Crippen molar-refractivity contribution in [2.24, 2.45) is 0 Å². The molecule has 8 heteroatoms. The molecule has 0 N–H and O–H groups in total. The molecule has 0 bridgehead atoms. The summed E-state index contributed by atoms with van der Waals surface area (Å²) in [5.41, 5.74) is -0.425. The van der Waals surface area contributed by atoms with Crippen LogP contribution in [0.1, 0.15) is 15.9 Å². The van der Waals surface area contributed by atoms with E-state index in [4.69, 9.17) is 5.26 Å². The molecule has 0 aliphatic carbocycles. The number of esters is 1. The third-order valence-electron chi connectivity index (χ3n) is 1.82. The average Bonchev–Trinajstić information content (AvgIpc) is 2.28. The molecular weight excluding hydrogens is 319 g/mol. The third kappa shape index (κ3) is 3.37. The molecule has 0 aliphatic heterocycles. The summed E-state index contributed by atoms with van der Waals surface area (Å²) in [6.07, 6.45) is -4.89. The van der Waals surface area contributed by atoms with E-state index in [1.165, 1.54) is 0 Å². The van der Waals surface area contributed by atoms with Crippen LogP contribution in [0.15, 0.2) is 16.6 Å². The second-order valence-electron chi connectivity index (χ2n) is 2.98. The zero-order valence-electron chi connectivity index (χ0n) is 8.84. The number of benzene rings is 1. The highest BCUT2D eigenvalue weighted by Crippen LogP contribution is 2.33. The first-order valence-corrected chi connectivity index (χ1v) is 5.15. The van der Waals surface area contributed by atoms with Crippen LogP contribution in [0, 0.1) is 11.3 Å². The van der Waals surface area contributed by atoms with Crippen molar-refractivity contribution in [3.8, 4) is 11.8 Å². The van der Waals surface area contributed by atoms with Crippen LogP contribution in [0.5, 0.6) is 5.75 Å². The number of ether oxygens (including phenoxy) is 2. The quantitative estimate of drug-likeness (QED) is 0.785. The standard InChI is InChI=1S/C10H5BrF3NO3/c1-17-9(16)6-3-7(11)8(2-5(6)4-15)18-10(12,13)14/h2-3H,1H3. The molecule has 1 aromatic rings. The van der Waals surface area contributed by atoms with Gasteiger partial charge in [0.15, 0.2) is 0 Å². The molecule has 0 amide bonds. The summed E-state index contributed by atoms with van der Waals surface area (Å²) in [4.78, 5) is 11.3. The van der Waals surface area contributed by atoms with Gasteiger partial charge in [0, 0.05) is 6.07 Å². The molecule has 0 saturated carbocycles. The van der Waals surface area contributed by atoms with Crippen LogP contribution in [0.25, 0.3) is 0 Å². The Morgan fingerprint density at radius 1 is 1.44 bits per heavy atom. The van der Waals surface area contributed by atoms with Crippen molar-refractivity contribution in [2.75, 3.05) is 7.11 Å². The lowest BCUT2D eigenvalue weighted by Crippen LogP contribution is -2.18. The van der Waals surface area contributed by atoms with Gasteiger partial charge in [-0.3, -0.25) is 0 Å². The Labute approximate surface area is 108 Å². The van der Waals surface area contributed by atoms with E-state index in [0.717, 1.165) is 19.2 Å². The van der Waals surface area contributed by atoms with Gasteiger partial charge in [0.1, 0.15) is 11.8 Å². The Bertz CT molecular complexity index is 522. The molecule has 0 spiro atoms. The largest absolute Gasteiger partial charge is 0.573 e. The van der Waals surface area contributed by atoms with Gasteiger partial charge in [-0.2, -0.15) is 5.26 Å². The third-order valence-corrected chi connectivity index (χ3v) is 2.44. The fourth-order valence-corrected chi connectivity index (χ4v) is 1.55. The fourth-order valence-electron chi connectivity index (χ4n) is 1.13. The Morgan fingerprint density at radius 2 is 2.06 bits per heavy atom. The molecular formula is C10H5BrF3NO3. The first-order chi connectivity index (χ1) is 8.28. The maximum absolute atomic E-state index is 12.1. The predicted molar refractivity (Wildman–Crippen MR) is 56.9 cm³/mol. The number of alkyl halides is 3. The van der Waals surface area contributed by atoms with Crippen molar-refractivity contribution >= 4 is 21.9 Å². The van der Waals surface area contributed by atoms with E-state index in [0.29, 0.717) is 0 Å². The van der Waals surface area contributed by atoms with Crippen molar-refractivity contribution in [3.05, 3.63) is 27.7 Å². The van der Waals surface area contributed by atoms with Gasteiger partial charge in [0.25, 0.3) is 0 Å². The molecule has 18 heavy (non-hydrogen) atoms. The topological polar surface area (TPSA) is 59.3 Å². The summed E-state index contributed by atoms with van der Waals surface area (Å²) >= 11 is 2.82. The number of nitrogens with zero attached hydrogens (tertiary/aromatic N) is 1. The highest BCUT2D eigenvalue weighted by Gasteiger charge is 2.32. The molecule has 0 fully saturated rings. The molecule has 0 atom stereocenters. The second kappa shape index (κ2) is 5.27. The number of nitriles is 1. The minimum Gasteiger partial charge on any atom is -0.465 e. The molecule has 1 aromatic carbocycles. The lowest BCUT2D eigenvalue weighted by atomic mass is 10.1. The zero-order chi connectivity index (χ0) is 13.9. The normalized spacial score (nSPS) is 10.7. The number of rotatable bonds is 2. The van der Waals surface area contributed by atoms with Crippen molar-refractivity contribution in [2.45, 2.75) is 6.36 Å². The zero-order valence-corrected chi connectivity index (χ0v) is 10.4. The van der Waals surface area contributed by atoms with Crippen LogP contribution in [0.3, 0.4) is 0 Å². The smallest absolute Gasteiger partial charge is 0.465 e. The van der Waals surface area contributed by atoms with Crippen LogP contribution in [0.4, 0.5) is 13.2 Å². The number of carbonyl (C=O) groups excluding carboxylic acids is 1. The molecule has 0 aliphatic rings. The molecule has 1 rings (SSSR count). The summed E-state index contributed by atoms with van der Waals surface area (Å²) in [5, 5.41) is 8.77. The number of methoxy groups -OCH3 is 1. The van der Waals surface area contributed by atoms with E-state index < -0.39 is 18.1 Å². The molecule has 96 valence electrons. The minimum absolute atomic E-state index is 0.112. The fraction of sp³-hybridized carbons (Fsp3) is 0.200. The van der Waals surface area contributed by atoms with Gasteiger partial charge in [-0.05, 0) is 22.0 Å². The van der Waals surface area contributed by atoms with Crippen LogP contribution in [-0.4, -0.2) is 19.4 Å². The van der Waals surface area contributed by atoms with Crippen LogP contribution >= 0.6 is 15.9 Å². The average molecular weight is 324 g/mol. The van der Waals surface area contributed by atoms with E-state index >= 15 is 0 Å². The molecule has 4 nitrogen and oxygen atoms in total. The van der Waals surface area contributed by atoms with Crippen LogP contribution in [0.2, 0.25) is 0 Å². The van der Waals surface area contributed by atoms with Gasteiger partial charge < -0.3 is 9.47 Å². The SMILES string of the molecule is COC(=O)c1cc(Br)c(OC(F)(F)F)cc1C#N. The van der Waals surface area contributed by atoms with Crippen molar-refractivity contribution < 1.29 is 27.4 Å². The first kappa shape index (κ1) is 14.3. The van der Waals surface area contributed by atoms with Gasteiger partial charge in [0.05, 0.1) is 22.7 Å². The van der Waals surface area contributed by atoms with Crippen molar-refractivity contribution in [1.29, 1.82) is 5.26 Å². The summed E-state index contributed by atoms with van der Waals surface area (Å²) in [6, 6.07) is 3.44. The van der Waals surface area contributed by atoms with E-state index in [1.807, 2.05) is 0 Å². The van der Waals surface area contributed by atoms with Crippen molar-refractivity contribution in [3.63, 3.8) is 0 Å². The summed E-state index contributed by atoms with van der Waals surface area (Å²) in [5.74, 6) is -1.43. The predicted octanol–water partition coefficient (Wildman–Crippen LogP) is 3.01. The number of carbonyl (C=O) groups is 1. The molecule has 0 aromatic heterocycles. The highest BCUT2D eigenvalue weighted by atomic mass is 79.9. The summed E-state index contributed by atoms with van der Waals surface area (Å²) in [7, 11) is 1.09. The molecule has 0 saturated heterocycles. The van der Waals surface area contributed by atoms with E-state index in [9.17, 15) is 18.0 Å². The summed E-state index contributed by atoms with van der Waals surface area (Å²) < 4.78 is 44.2. The maximum Gasteiger partial charge on any atom is 0.573 e. The Kier molecular flexibility index (Phi) is 4.19. The Balaban J connectivity index is 3.28. The van der Waals surface area contributed by atoms with Crippen molar-refractivity contribution in [1.82, 2.24) is 0 Å². The molecule has 0 radical (unpaired) electrons. The van der Waals surface area contributed by atoms with E-state index in [-0.39, 0.29) is 15.6 Å². The number of hydrogen-bond donors (Lipinski definition) is 0. The van der Waals surface area contributed by atoms with Gasteiger partial charge in [-0.1, -0.05) is 0 Å². The number of halogens is 4. The Hall–Kier alpha value is -1.75. The van der Waals surface area contributed by atoms with Gasteiger partial charge in [-0.15, -0.1) is 13.2 Å². The Morgan fingerprint density at radius 3 is 2.50 bits per heavy atom. The second-order valence-corrected chi connectivity index (χ2v) is 3.83. The van der Waals surface area contributed by atoms with E-state index in [2.05, 4.69) is 25.4 Å². The molecule has 0 heterocycles. The van der Waals surface area contributed by atoms with Gasteiger partial charge >= 0.3 is 12.3 Å². The minimum atomic E-state index is -4.89. The van der Waals surface area contributed by atoms with Crippen LogP contribution < -0.4 is 4.74 Å².